The molecule has 1 aromatic rings. The fourth-order valence-electron chi connectivity index (χ4n) is 1.51. The molecule has 5 heteroatoms. The van der Waals surface area contributed by atoms with Gasteiger partial charge in [-0.25, -0.2) is 9.78 Å². The van der Waals surface area contributed by atoms with Gasteiger partial charge in [-0.15, -0.1) is 0 Å². The number of aromatic nitrogens is 1. The van der Waals surface area contributed by atoms with E-state index in [-0.39, 0.29) is 11.7 Å². The normalized spacial score (nSPS) is 17.1. The molecule has 2 heterocycles. The lowest BCUT2D eigenvalue weighted by molar-refractivity contribution is -0.0159. The minimum Gasteiger partial charge on any atom is -0.459 e. The molecular formula is C11H12FNO3. The van der Waals surface area contributed by atoms with Gasteiger partial charge in [-0.2, -0.15) is 4.39 Å². The second kappa shape index (κ2) is 5.03. The number of hydrogen-bond acceptors (Lipinski definition) is 4. The van der Waals surface area contributed by atoms with E-state index in [1.165, 1.54) is 12.3 Å². The first kappa shape index (κ1) is 11.0. The van der Waals surface area contributed by atoms with Crippen molar-refractivity contribution in [1.29, 1.82) is 0 Å². The average molecular weight is 225 g/mol. The molecule has 1 aliphatic rings. The van der Waals surface area contributed by atoms with Gasteiger partial charge in [0.15, 0.2) is 0 Å². The molecule has 0 amide bonds. The third-order valence-electron chi connectivity index (χ3n) is 2.41. The monoisotopic (exact) mass is 225 g/mol. The second-order valence-electron chi connectivity index (χ2n) is 3.59. The van der Waals surface area contributed by atoms with E-state index in [2.05, 4.69) is 4.98 Å². The molecule has 2 rings (SSSR count). The zero-order valence-electron chi connectivity index (χ0n) is 8.69. The fourth-order valence-corrected chi connectivity index (χ4v) is 1.51. The Labute approximate surface area is 92.4 Å². The molecule has 0 spiro atoms. The summed E-state index contributed by atoms with van der Waals surface area (Å²) in [6, 6.07) is 2.50. The largest absolute Gasteiger partial charge is 0.459 e. The van der Waals surface area contributed by atoms with Crippen molar-refractivity contribution in [2.45, 2.75) is 18.9 Å². The molecule has 1 saturated heterocycles. The summed E-state index contributed by atoms with van der Waals surface area (Å²) in [6.45, 7) is 1.22. The first-order valence-corrected chi connectivity index (χ1v) is 5.16. The number of carbonyl (C=O) groups is 1. The average Bonchev–Trinajstić information content (AvgIpc) is 2.31. The lowest BCUT2D eigenvalue weighted by atomic mass is 10.1. The molecule has 86 valence electrons. The van der Waals surface area contributed by atoms with Gasteiger partial charge in [0.1, 0.15) is 6.10 Å². The summed E-state index contributed by atoms with van der Waals surface area (Å²) in [4.78, 5) is 15.0. The van der Waals surface area contributed by atoms with Crippen LogP contribution in [0.15, 0.2) is 18.3 Å². The Morgan fingerprint density at radius 1 is 1.44 bits per heavy atom. The zero-order chi connectivity index (χ0) is 11.4. The highest BCUT2D eigenvalue weighted by atomic mass is 19.1. The molecule has 0 radical (unpaired) electrons. The Bertz CT molecular complexity index is 360. The number of carbonyl (C=O) groups excluding carboxylic acids is 1. The highest BCUT2D eigenvalue weighted by Crippen LogP contribution is 2.13. The lowest BCUT2D eigenvalue weighted by Crippen LogP contribution is -2.26. The standard InChI is InChI=1S/C11H12FNO3/c12-10-2-1-8(7-13-10)11(14)16-9-3-5-15-6-4-9/h1-2,7,9H,3-6H2. The number of ether oxygens (including phenoxy) is 2. The summed E-state index contributed by atoms with van der Waals surface area (Å²) in [7, 11) is 0. The molecule has 0 aliphatic carbocycles. The maximum Gasteiger partial charge on any atom is 0.339 e. The van der Waals surface area contributed by atoms with Gasteiger partial charge in [0.05, 0.1) is 18.8 Å². The van der Waals surface area contributed by atoms with Gasteiger partial charge >= 0.3 is 5.97 Å². The third-order valence-corrected chi connectivity index (χ3v) is 2.41. The van der Waals surface area contributed by atoms with Crippen LogP contribution in [0.25, 0.3) is 0 Å². The van der Waals surface area contributed by atoms with Crippen molar-refractivity contribution in [3.05, 3.63) is 29.8 Å². The van der Waals surface area contributed by atoms with E-state index in [1.807, 2.05) is 0 Å². The zero-order valence-corrected chi connectivity index (χ0v) is 8.69. The van der Waals surface area contributed by atoms with Gasteiger partial charge in [0.25, 0.3) is 0 Å². The van der Waals surface area contributed by atoms with Gasteiger partial charge in [-0.05, 0) is 12.1 Å². The van der Waals surface area contributed by atoms with Crippen LogP contribution in [-0.2, 0) is 9.47 Å². The predicted octanol–water partition coefficient (Wildman–Crippen LogP) is 1.56. The fraction of sp³-hybridized carbons (Fsp3) is 0.455. The first-order valence-electron chi connectivity index (χ1n) is 5.16. The number of esters is 1. The first-order chi connectivity index (χ1) is 7.75. The minimum absolute atomic E-state index is 0.105. The van der Waals surface area contributed by atoms with Gasteiger partial charge in [-0.3, -0.25) is 0 Å². The van der Waals surface area contributed by atoms with E-state index in [9.17, 15) is 9.18 Å². The van der Waals surface area contributed by atoms with Crippen LogP contribution in [0.3, 0.4) is 0 Å². The predicted molar refractivity (Wildman–Crippen MR) is 53.5 cm³/mol. The molecular weight excluding hydrogens is 213 g/mol. The molecule has 1 aliphatic heterocycles. The number of halogens is 1. The highest BCUT2D eigenvalue weighted by Gasteiger charge is 2.19. The molecule has 1 aromatic heterocycles. The van der Waals surface area contributed by atoms with Crippen LogP contribution >= 0.6 is 0 Å². The molecule has 0 N–H and O–H groups in total. The Morgan fingerprint density at radius 3 is 2.81 bits per heavy atom. The Balaban J connectivity index is 1.94. The smallest absolute Gasteiger partial charge is 0.339 e. The number of nitrogens with zero attached hydrogens (tertiary/aromatic N) is 1. The number of rotatable bonds is 2. The van der Waals surface area contributed by atoms with Crippen molar-refractivity contribution in [1.82, 2.24) is 4.98 Å². The lowest BCUT2D eigenvalue weighted by Gasteiger charge is -2.22. The summed E-state index contributed by atoms with van der Waals surface area (Å²) in [5.74, 6) is -1.07. The topological polar surface area (TPSA) is 48.4 Å². The van der Waals surface area contributed by atoms with Crippen molar-refractivity contribution >= 4 is 5.97 Å². The Kier molecular flexibility index (Phi) is 3.46. The van der Waals surface area contributed by atoms with Crippen molar-refractivity contribution in [2.75, 3.05) is 13.2 Å². The quantitative estimate of drug-likeness (QED) is 0.566. The Morgan fingerprint density at radius 2 is 2.19 bits per heavy atom. The van der Waals surface area contributed by atoms with Crippen LogP contribution < -0.4 is 0 Å². The van der Waals surface area contributed by atoms with E-state index in [0.717, 1.165) is 6.07 Å². The highest BCUT2D eigenvalue weighted by molar-refractivity contribution is 5.89. The molecule has 1 fully saturated rings. The molecule has 0 unspecified atom stereocenters. The summed E-state index contributed by atoms with van der Waals surface area (Å²) in [5, 5.41) is 0. The Hall–Kier alpha value is -1.49. The molecule has 16 heavy (non-hydrogen) atoms. The van der Waals surface area contributed by atoms with Crippen LogP contribution in [-0.4, -0.2) is 30.3 Å². The van der Waals surface area contributed by atoms with E-state index in [1.54, 1.807) is 0 Å². The van der Waals surface area contributed by atoms with E-state index >= 15 is 0 Å². The van der Waals surface area contributed by atoms with E-state index in [0.29, 0.717) is 26.1 Å². The van der Waals surface area contributed by atoms with Crippen molar-refractivity contribution in [2.24, 2.45) is 0 Å². The minimum atomic E-state index is -0.609. The summed E-state index contributed by atoms with van der Waals surface area (Å²) in [6.07, 6.45) is 2.49. The SMILES string of the molecule is O=C(OC1CCOCC1)c1ccc(F)nc1. The van der Waals surface area contributed by atoms with Crippen molar-refractivity contribution in [3.8, 4) is 0 Å². The number of pyridine rings is 1. The third kappa shape index (κ3) is 2.76. The van der Waals surface area contributed by atoms with E-state index in [4.69, 9.17) is 9.47 Å². The van der Waals surface area contributed by atoms with E-state index < -0.39 is 11.9 Å². The maximum atomic E-state index is 12.5. The van der Waals surface area contributed by atoms with Crippen LogP contribution in [0.5, 0.6) is 0 Å². The van der Waals surface area contributed by atoms with Crippen LogP contribution in [0.4, 0.5) is 4.39 Å². The maximum absolute atomic E-state index is 12.5. The number of hydrogen-bond donors (Lipinski definition) is 0. The summed E-state index contributed by atoms with van der Waals surface area (Å²) < 4.78 is 22.9. The van der Waals surface area contributed by atoms with Crippen molar-refractivity contribution < 1.29 is 18.7 Å². The van der Waals surface area contributed by atoms with Crippen LogP contribution in [0.2, 0.25) is 0 Å². The molecule has 4 nitrogen and oxygen atoms in total. The summed E-state index contributed by atoms with van der Waals surface area (Å²) >= 11 is 0. The second-order valence-corrected chi connectivity index (χ2v) is 3.59. The van der Waals surface area contributed by atoms with Gasteiger partial charge < -0.3 is 9.47 Å². The van der Waals surface area contributed by atoms with Gasteiger partial charge in [0.2, 0.25) is 5.95 Å². The van der Waals surface area contributed by atoms with Crippen LogP contribution in [0.1, 0.15) is 23.2 Å². The molecule has 0 aromatic carbocycles. The van der Waals surface area contributed by atoms with Gasteiger partial charge in [0, 0.05) is 19.0 Å². The van der Waals surface area contributed by atoms with Crippen LogP contribution in [0, 0.1) is 5.95 Å². The molecule has 0 atom stereocenters. The molecule has 0 saturated carbocycles. The van der Waals surface area contributed by atoms with Crippen molar-refractivity contribution in [3.63, 3.8) is 0 Å². The summed E-state index contributed by atoms with van der Waals surface area (Å²) in [5.41, 5.74) is 0.271. The molecule has 0 bridgehead atoms. The van der Waals surface area contributed by atoms with Gasteiger partial charge in [-0.1, -0.05) is 0 Å².